The highest BCUT2D eigenvalue weighted by molar-refractivity contribution is 7.17. The molecule has 0 aliphatic carbocycles. The van der Waals surface area contributed by atoms with Crippen molar-refractivity contribution in [2.24, 2.45) is 5.73 Å². The largest absolute Gasteiger partial charge is 0.364 e. The summed E-state index contributed by atoms with van der Waals surface area (Å²) in [7, 11) is 0. The summed E-state index contributed by atoms with van der Waals surface area (Å²) in [5.74, 6) is -0.607. The average Bonchev–Trinajstić information content (AvgIpc) is 2.86. The number of anilines is 1. The smallest absolute Gasteiger partial charge is 0.320 e. The quantitative estimate of drug-likeness (QED) is 0.808. The fourth-order valence-electron chi connectivity index (χ4n) is 2.26. The Bertz CT molecular complexity index is 701. The van der Waals surface area contributed by atoms with Crippen molar-refractivity contribution in [1.82, 2.24) is 10.3 Å². The van der Waals surface area contributed by atoms with Gasteiger partial charge in [0.25, 0.3) is 5.91 Å². The van der Waals surface area contributed by atoms with Crippen LogP contribution in [0.15, 0.2) is 18.3 Å². The molecule has 0 aliphatic rings. The maximum Gasteiger partial charge on any atom is 0.320 e. The Labute approximate surface area is 132 Å². The van der Waals surface area contributed by atoms with Gasteiger partial charge in [0.2, 0.25) is 0 Å². The summed E-state index contributed by atoms with van der Waals surface area (Å²) in [6, 6.07) is 3.83. The van der Waals surface area contributed by atoms with Gasteiger partial charge in [-0.2, -0.15) is 0 Å². The van der Waals surface area contributed by atoms with Crippen LogP contribution in [0.4, 0.5) is 9.80 Å². The van der Waals surface area contributed by atoms with Gasteiger partial charge in [-0.3, -0.25) is 10.1 Å². The van der Waals surface area contributed by atoms with E-state index in [-0.39, 0.29) is 11.0 Å². The van der Waals surface area contributed by atoms with Crippen molar-refractivity contribution in [2.45, 2.75) is 27.3 Å². The van der Waals surface area contributed by atoms with Crippen LogP contribution in [0.25, 0.3) is 0 Å². The van der Waals surface area contributed by atoms with Crippen LogP contribution < -0.4 is 16.4 Å². The second kappa shape index (κ2) is 6.57. The van der Waals surface area contributed by atoms with E-state index in [1.54, 1.807) is 0 Å². The Kier molecular flexibility index (Phi) is 4.77. The minimum atomic E-state index is -0.607. The van der Waals surface area contributed by atoms with Crippen molar-refractivity contribution < 1.29 is 9.59 Å². The second-order valence-corrected chi connectivity index (χ2v) is 6.11. The molecule has 0 radical (unpaired) electrons. The fraction of sp³-hybridized carbons (Fsp3) is 0.267. The van der Waals surface area contributed by atoms with Gasteiger partial charge in [-0.05, 0) is 37.5 Å². The van der Waals surface area contributed by atoms with Gasteiger partial charge in [0, 0.05) is 6.54 Å². The van der Waals surface area contributed by atoms with E-state index in [0.29, 0.717) is 11.5 Å². The van der Waals surface area contributed by atoms with Crippen LogP contribution in [-0.4, -0.2) is 16.9 Å². The summed E-state index contributed by atoms with van der Waals surface area (Å²) < 4.78 is 0. The predicted octanol–water partition coefficient (Wildman–Crippen LogP) is 2.49. The van der Waals surface area contributed by atoms with Crippen molar-refractivity contribution >= 4 is 28.3 Å². The third-order valence-corrected chi connectivity index (χ3v) is 4.15. The molecule has 1 heterocycles. The molecule has 1 aromatic carbocycles. The van der Waals surface area contributed by atoms with E-state index in [1.807, 2.05) is 20.8 Å². The first-order valence-electron chi connectivity index (χ1n) is 6.74. The van der Waals surface area contributed by atoms with Crippen LogP contribution in [0.3, 0.4) is 0 Å². The SMILES string of the molecule is Cc1cc(C)c(CNC(=O)Nc2cnc(C(N)=O)s2)c(C)c1. The van der Waals surface area contributed by atoms with Crippen LogP contribution in [0.1, 0.15) is 32.1 Å². The molecular formula is C15H18N4O2S. The molecule has 6 nitrogen and oxygen atoms in total. The number of amides is 3. The van der Waals surface area contributed by atoms with Crippen molar-refractivity contribution in [1.29, 1.82) is 0 Å². The Morgan fingerprint density at radius 1 is 1.23 bits per heavy atom. The standard InChI is InChI=1S/C15H18N4O2S/c1-8-4-9(2)11(10(3)5-8)6-18-15(21)19-12-7-17-14(22-12)13(16)20/h4-5,7H,6H2,1-3H3,(H2,16,20)(H2,18,19,21). The van der Waals surface area contributed by atoms with Gasteiger partial charge < -0.3 is 11.1 Å². The van der Waals surface area contributed by atoms with E-state index < -0.39 is 5.91 Å². The fourth-order valence-corrected chi connectivity index (χ4v) is 2.92. The molecule has 0 bridgehead atoms. The number of primary amides is 1. The number of carbonyl (C=O) groups is 2. The summed E-state index contributed by atoms with van der Waals surface area (Å²) in [5.41, 5.74) is 9.71. The number of hydrogen-bond donors (Lipinski definition) is 3. The molecule has 2 aromatic rings. The molecule has 0 saturated heterocycles. The summed E-state index contributed by atoms with van der Waals surface area (Å²) in [5, 5.41) is 6.08. The lowest BCUT2D eigenvalue weighted by Gasteiger charge is -2.12. The number of benzene rings is 1. The number of aromatic nitrogens is 1. The van der Waals surface area contributed by atoms with E-state index in [1.165, 1.54) is 11.8 Å². The zero-order chi connectivity index (χ0) is 16.3. The number of aryl methyl sites for hydroxylation is 3. The van der Waals surface area contributed by atoms with Gasteiger partial charge in [0.15, 0.2) is 5.01 Å². The molecular weight excluding hydrogens is 300 g/mol. The van der Waals surface area contributed by atoms with E-state index in [9.17, 15) is 9.59 Å². The lowest BCUT2D eigenvalue weighted by molar-refractivity contribution is 0.1000. The maximum atomic E-state index is 11.9. The first-order chi connectivity index (χ1) is 10.4. The first-order valence-corrected chi connectivity index (χ1v) is 7.55. The maximum absolute atomic E-state index is 11.9. The van der Waals surface area contributed by atoms with Gasteiger partial charge in [0.1, 0.15) is 5.00 Å². The third-order valence-electron chi connectivity index (χ3n) is 3.22. The van der Waals surface area contributed by atoms with Crippen molar-refractivity contribution in [2.75, 3.05) is 5.32 Å². The number of urea groups is 1. The van der Waals surface area contributed by atoms with Crippen LogP contribution in [0, 0.1) is 20.8 Å². The zero-order valence-electron chi connectivity index (χ0n) is 12.7. The predicted molar refractivity (Wildman–Crippen MR) is 87.1 cm³/mol. The summed E-state index contributed by atoms with van der Waals surface area (Å²) >= 11 is 1.04. The van der Waals surface area contributed by atoms with Gasteiger partial charge in [0.05, 0.1) is 6.20 Å². The minimum Gasteiger partial charge on any atom is -0.364 e. The molecule has 1 aromatic heterocycles. The Hall–Kier alpha value is -2.41. The normalized spacial score (nSPS) is 10.3. The number of nitrogens with one attached hydrogen (secondary N) is 2. The van der Waals surface area contributed by atoms with Crippen LogP contribution in [0.2, 0.25) is 0 Å². The lowest BCUT2D eigenvalue weighted by atomic mass is 10.00. The highest BCUT2D eigenvalue weighted by Gasteiger charge is 2.10. The molecule has 116 valence electrons. The first kappa shape index (κ1) is 16.0. The molecule has 0 fully saturated rings. The second-order valence-electron chi connectivity index (χ2n) is 5.08. The third kappa shape index (κ3) is 3.82. The van der Waals surface area contributed by atoms with Gasteiger partial charge >= 0.3 is 6.03 Å². The molecule has 0 unspecified atom stereocenters. The topological polar surface area (TPSA) is 97.1 Å². The van der Waals surface area contributed by atoms with E-state index >= 15 is 0 Å². The highest BCUT2D eigenvalue weighted by atomic mass is 32.1. The van der Waals surface area contributed by atoms with Gasteiger partial charge in [-0.25, -0.2) is 9.78 Å². The molecule has 0 spiro atoms. The summed E-state index contributed by atoms with van der Waals surface area (Å²) in [6.07, 6.45) is 1.41. The number of thiazole rings is 1. The molecule has 22 heavy (non-hydrogen) atoms. The van der Waals surface area contributed by atoms with E-state index in [4.69, 9.17) is 5.73 Å². The minimum absolute atomic E-state index is 0.167. The molecule has 3 amide bonds. The molecule has 0 aliphatic heterocycles. The van der Waals surface area contributed by atoms with E-state index in [0.717, 1.165) is 28.0 Å². The van der Waals surface area contributed by atoms with Gasteiger partial charge in [-0.15, -0.1) is 0 Å². The molecule has 0 saturated carbocycles. The number of rotatable bonds is 4. The Morgan fingerprint density at radius 2 is 1.86 bits per heavy atom. The Balaban J connectivity index is 1.97. The van der Waals surface area contributed by atoms with Crippen LogP contribution in [0.5, 0.6) is 0 Å². The molecule has 0 atom stereocenters. The average molecular weight is 318 g/mol. The summed E-state index contributed by atoms with van der Waals surface area (Å²) in [4.78, 5) is 26.7. The molecule has 4 N–H and O–H groups in total. The van der Waals surface area contributed by atoms with Crippen LogP contribution in [-0.2, 0) is 6.54 Å². The number of nitrogens with zero attached hydrogens (tertiary/aromatic N) is 1. The highest BCUT2D eigenvalue weighted by Crippen LogP contribution is 2.18. The van der Waals surface area contributed by atoms with Crippen molar-refractivity contribution in [3.63, 3.8) is 0 Å². The molecule has 7 heteroatoms. The molecule has 2 rings (SSSR count). The summed E-state index contributed by atoms with van der Waals surface area (Å²) in [6.45, 7) is 6.53. The van der Waals surface area contributed by atoms with Crippen molar-refractivity contribution in [3.8, 4) is 0 Å². The van der Waals surface area contributed by atoms with E-state index in [2.05, 4.69) is 27.8 Å². The lowest BCUT2D eigenvalue weighted by Crippen LogP contribution is -2.28. The Morgan fingerprint density at radius 3 is 2.41 bits per heavy atom. The van der Waals surface area contributed by atoms with Crippen LogP contribution >= 0.6 is 11.3 Å². The monoisotopic (exact) mass is 318 g/mol. The number of carbonyl (C=O) groups excluding carboxylic acids is 2. The van der Waals surface area contributed by atoms with Crippen molar-refractivity contribution in [3.05, 3.63) is 45.6 Å². The zero-order valence-corrected chi connectivity index (χ0v) is 13.5. The number of nitrogens with two attached hydrogens (primary N) is 1. The van der Waals surface area contributed by atoms with Gasteiger partial charge in [-0.1, -0.05) is 29.0 Å². The number of hydrogen-bond acceptors (Lipinski definition) is 4.